The lowest BCUT2D eigenvalue weighted by atomic mass is 9.71. The first kappa shape index (κ1) is 17.2. The van der Waals surface area contributed by atoms with Gasteiger partial charge in [0.25, 0.3) is 0 Å². The second-order valence-electron chi connectivity index (χ2n) is 6.67. The van der Waals surface area contributed by atoms with Crippen LogP contribution in [0.15, 0.2) is 29.2 Å². The van der Waals surface area contributed by atoms with Crippen LogP contribution in [0.3, 0.4) is 0 Å². The number of hydrogen-bond donors (Lipinski definition) is 2. The lowest BCUT2D eigenvalue weighted by molar-refractivity contribution is -0.0205. The standard InChI is InChI=1S/C15H22INO3S/c1-14(2)7-9-15(18,10-8-14)11-17-21(19,20)13-5-3-12(16)4-6-13/h3-6,17-18H,7-11H2,1-2H3. The van der Waals surface area contributed by atoms with Crippen LogP contribution in [0.25, 0.3) is 0 Å². The first-order chi connectivity index (χ1) is 9.62. The minimum Gasteiger partial charge on any atom is -0.389 e. The largest absolute Gasteiger partial charge is 0.389 e. The van der Waals surface area contributed by atoms with Crippen LogP contribution in [-0.4, -0.2) is 25.7 Å². The highest BCUT2D eigenvalue weighted by Crippen LogP contribution is 2.39. The van der Waals surface area contributed by atoms with Gasteiger partial charge < -0.3 is 5.11 Å². The molecule has 0 aliphatic heterocycles. The van der Waals surface area contributed by atoms with Crippen molar-refractivity contribution in [3.63, 3.8) is 0 Å². The molecule has 1 aromatic carbocycles. The van der Waals surface area contributed by atoms with Crippen molar-refractivity contribution < 1.29 is 13.5 Å². The van der Waals surface area contributed by atoms with Crippen molar-refractivity contribution in [1.29, 1.82) is 0 Å². The van der Waals surface area contributed by atoms with E-state index in [0.29, 0.717) is 12.8 Å². The summed E-state index contributed by atoms with van der Waals surface area (Å²) < 4.78 is 28.0. The van der Waals surface area contributed by atoms with Crippen LogP contribution in [0, 0.1) is 8.99 Å². The molecule has 0 aromatic heterocycles. The third-order valence-corrected chi connectivity index (χ3v) is 6.39. The molecule has 21 heavy (non-hydrogen) atoms. The molecule has 6 heteroatoms. The third-order valence-electron chi connectivity index (χ3n) is 4.25. The average Bonchev–Trinajstić information content (AvgIpc) is 2.42. The fourth-order valence-corrected chi connectivity index (χ4v) is 3.97. The Bertz CT molecular complexity index is 586. The summed E-state index contributed by atoms with van der Waals surface area (Å²) in [7, 11) is -3.56. The van der Waals surface area contributed by atoms with Gasteiger partial charge in [0.15, 0.2) is 0 Å². The summed E-state index contributed by atoms with van der Waals surface area (Å²) in [6.45, 7) is 4.45. The molecule has 1 aliphatic rings. The van der Waals surface area contributed by atoms with Crippen molar-refractivity contribution in [2.45, 2.75) is 50.0 Å². The summed E-state index contributed by atoms with van der Waals surface area (Å²) in [6, 6.07) is 6.68. The van der Waals surface area contributed by atoms with Gasteiger partial charge in [-0.1, -0.05) is 13.8 Å². The Kier molecular flexibility index (Phi) is 5.02. The van der Waals surface area contributed by atoms with E-state index < -0.39 is 15.6 Å². The van der Waals surface area contributed by atoms with Crippen molar-refractivity contribution in [2.75, 3.05) is 6.54 Å². The molecule has 0 unspecified atom stereocenters. The third kappa shape index (κ3) is 4.64. The lowest BCUT2D eigenvalue weighted by Gasteiger charge is -2.40. The second-order valence-corrected chi connectivity index (χ2v) is 9.68. The van der Waals surface area contributed by atoms with E-state index in [1.165, 1.54) is 0 Å². The van der Waals surface area contributed by atoms with Gasteiger partial charge in [-0.05, 0) is 78.0 Å². The molecule has 2 rings (SSSR count). The average molecular weight is 423 g/mol. The van der Waals surface area contributed by atoms with Crippen LogP contribution in [0.5, 0.6) is 0 Å². The van der Waals surface area contributed by atoms with Gasteiger partial charge in [-0.2, -0.15) is 0 Å². The predicted octanol–water partition coefficient (Wildman–Crippen LogP) is 2.90. The van der Waals surface area contributed by atoms with Gasteiger partial charge in [0.05, 0.1) is 10.5 Å². The van der Waals surface area contributed by atoms with Crippen LogP contribution in [-0.2, 0) is 10.0 Å². The Morgan fingerprint density at radius 1 is 1.14 bits per heavy atom. The summed E-state index contributed by atoms with van der Waals surface area (Å²) >= 11 is 2.13. The number of hydrogen-bond acceptors (Lipinski definition) is 3. The Labute approximate surface area is 140 Å². The molecule has 4 nitrogen and oxygen atoms in total. The van der Waals surface area contributed by atoms with E-state index in [1.54, 1.807) is 24.3 Å². The van der Waals surface area contributed by atoms with Gasteiger partial charge in [-0.3, -0.25) is 0 Å². The molecule has 1 saturated carbocycles. The molecule has 0 spiro atoms. The van der Waals surface area contributed by atoms with Gasteiger partial charge in [-0.15, -0.1) is 0 Å². The number of sulfonamides is 1. The minimum atomic E-state index is -3.56. The van der Waals surface area contributed by atoms with Gasteiger partial charge in [0.1, 0.15) is 0 Å². The van der Waals surface area contributed by atoms with Gasteiger partial charge >= 0.3 is 0 Å². The van der Waals surface area contributed by atoms with E-state index in [2.05, 4.69) is 41.2 Å². The summed E-state index contributed by atoms with van der Waals surface area (Å²) in [4.78, 5) is 0.239. The zero-order valence-electron chi connectivity index (χ0n) is 12.4. The zero-order valence-corrected chi connectivity index (χ0v) is 15.4. The van der Waals surface area contributed by atoms with E-state index in [4.69, 9.17) is 0 Å². The van der Waals surface area contributed by atoms with Crippen LogP contribution in [0.2, 0.25) is 0 Å². The van der Waals surface area contributed by atoms with Crippen LogP contribution < -0.4 is 4.72 Å². The summed E-state index contributed by atoms with van der Waals surface area (Å²) in [5, 5.41) is 10.5. The van der Waals surface area contributed by atoms with Crippen LogP contribution in [0.4, 0.5) is 0 Å². The highest BCUT2D eigenvalue weighted by Gasteiger charge is 2.37. The Morgan fingerprint density at radius 3 is 2.19 bits per heavy atom. The molecule has 0 heterocycles. The van der Waals surface area contributed by atoms with Crippen LogP contribution in [0.1, 0.15) is 39.5 Å². The molecule has 1 aromatic rings. The highest BCUT2D eigenvalue weighted by atomic mass is 127. The zero-order chi connectivity index (χ0) is 15.7. The molecule has 0 radical (unpaired) electrons. The van der Waals surface area contributed by atoms with Gasteiger partial charge in [0.2, 0.25) is 10.0 Å². The van der Waals surface area contributed by atoms with Crippen molar-refractivity contribution >= 4 is 32.6 Å². The van der Waals surface area contributed by atoms with E-state index >= 15 is 0 Å². The molecule has 0 atom stereocenters. The number of aliphatic hydroxyl groups is 1. The lowest BCUT2D eigenvalue weighted by Crippen LogP contribution is -2.46. The van der Waals surface area contributed by atoms with E-state index in [1.807, 2.05) is 0 Å². The maximum absolute atomic E-state index is 12.2. The van der Waals surface area contributed by atoms with E-state index in [0.717, 1.165) is 16.4 Å². The molecule has 1 fully saturated rings. The number of rotatable bonds is 4. The van der Waals surface area contributed by atoms with Gasteiger partial charge in [0, 0.05) is 10.1 Å². The van der Waals surface area contributed by atoms with Crippen molar-refractivity contribution in [2.24, 2.45) is 5.41 Å². The monoisotopic (exact) mass is 423 g/mol. The Balaban J connectivity index is 2.00. The van der Waals surface area contributed by atoms with Gasteiger partial charge in [-0.25, -0.2) is 13.1 Å². The van der Waals surface area contributed by atoms with Crippen molar-refractivity contribution in [1.82, 2.24) is 4.72 Å². The molecule has 0 bridgehead atoms. The maximum atomic E-state index is 12.2. The predicted molar refractivity (Wildman–Crippen MR) is 91.5 cm³/mol. The van der Waals surface area contributed by atoms with E-state index in [9.17, 15) is 13.5 Å². The van der Waals surface area contributed by atoms with E-state index in [-0.39, 0.29) is 16.9 Å². The first-order valence-electron chi connectivity index (χ1n) is 7.10. The molecular weight excluding hydrogens is 401 g/mol. The summed E-state index contributed by atoms with van der Waals surface area (Å²) in [6.07, 6.45) is 3.09. The SMILES string of the molecule is CC1(C)CCC(O)(CNS(=O)(=O)c2ccc(I)cc2)CC1. The molecule has 2 N–H and O–H groups in total. The number of benzene rings is 1. The quantitative estimate of drug-likeness (QED) is 0.733. The Morgan fingerprint density at radius 2 is 1.67 bits per heavy atom. The molecular formula is C15H22INO3S. The number of halogens is 1. The molecule has 0 saturated heterocycles. The minimum absolute atomic E-state index is 0.0808. The van der Waals surface area contributed by atoms with Crippen molar-refractivity contribution in [3.05, 3.63) is 27.8 Å². The van der Waals surface area contributed by atoms with Crippen LogP contribution >= 0.6 is 22.6 Å². The fraction of sp³-hybridized carbons (Fsp3) is 0.600. The maximum Gasteiger partial charge on any atom is 0.240 e. The molecule has 0 amide bonds. The summed E-state index contributed by atoms with van der Waals surface area (Å²) in [5.41, 5.74) is -0.687. The molecule has 1 aliphatic carbocycles. The normalized spacial score (nSPS) is 21.1. The topological polar surface area (TPSA) is 66.4 Å². The Hall–Kier alpha value is -0.180. The second kappa shape index (κ2) is 6.14. The summed E-state index contributed by atoms with van der Waals surface area (Å²) in [5.74, 6) is 0. The molecule has 118 valence electrons. The number of nitrogens with one attached hydrogen (secondary N) is 1. The van der Waals surface area contributed by atoms with Crippen molar-refractivity contribution in [3.8, 4) is 0 Å². The highest BCUT2D eigenvalue weighted by molar-refractivity contribution is 14.1. The smallest absolute Gasteiger partial charge is 0.240 e. The fourth-order valence-electron chi connectivity index (χ4n) is 2.50. The first-order valence-corrected chi connectivity index (χ1v) is 9.66.